The number of hydrogen-bond donors (Lipinski definition) is 1. The summed E-state index contributed by atoms with van der Waals surface area (Å²) in [5.74, 6) is 0.945. The van der Waals surface area contributed by atoms with Crippen LogP contribution in [-0.2, 0) is 16.0 Å². The van der Waals surface area contributed by atoms with E-state index in [0.29, 0.717) is 17.8 Å². The quantitative estimate of drug-likeness (QED) is 0.661. The van der Waals surface area contributed by atoms with Gasteiger partial charge in [0.1, 0.15) is 11.9 Å². The van der Waals surface area contributed by atoms with E-state index in [9.17, 15) is 14.3 Å². The highest BCUT2D eigenvalue weighted by atomic mass is 19.1. The van der Waals surface area contributed by atoms with Crippen LogP contribution in [0.5, 0.6) is 0 Å². The summed E-state index contributed by atoms with van der Waals surface area (Å²) in [6, 6.07) is 6.62. The zero-order valence-electron chi connectivity index (χ0n) is 19.1. The molecular weight excluding hydrogens is 407 g/mol. The van der Waals surface area contributed by atoms with Gasteiger partial charge in [0.15, 0.2) is 0 Å². The largest absolute Gasteiger partial charge is 0.480 e. The summed E-state index contributed by atoms with van der Waals surface area (Å²) in [4.78, 5) is 16.6. The van der Waals surface area contributed by atoms with E-state index in [1.807, 2.05) is 12.1 Å². The van der Waals surface area contributed by atoms with Crippen LogP contribution in [-0.4, -0.2) is 71.8 Å². The van der Waals surface area contributed by atoms with Gasteiger partial charge in [-0.15, -0.1) is 0 Å². The first-order valence-corrected chi connectivity index (χ1v) is 12.6. The van der Waals surface area contributed by atoms with E-state index < -0.39 is 5.97 Å². The lowest BCUT2D eigenvalue weighted by molar-refractivity contribution is -0.143. The molecule has 3 saturated heterocycles. The Morgan fingerprint density at radius 1 is 1.09 bits per heavy atom. The van der Waals surface area contributed by atoms with Crippen molar-refractivity contribution in [2.24, 2.45) is 17.8 Å². The van der Waals surface area contributed by atoms with Crippen LogP contribution in [0.25, 0.3) is 0 Å². The van der Waals surface area contributed by atoms with Crippen molar-refractivity contribution in [2.75, 3.05) is 39.3 Å². The lowest BCUT2D eigenvalue weighted by Crippen LogP contribution is -2.46. The number of rotatable bonds is 8. The third kappa shape index (κ3) is 5.35. The van der Waals surface area contributed by atoms with E-state index in [2.05, 4.69) is 9.80 Å². The molecule has 3 aliphatic heterocycles. The van der Waals surface area contributed by atoms with E-state index in [1.165, 1.54) is 18.4 Å². The minimum absolute atomic E-state index is 0.0293. The average molecular weight is 445 g/mol. The maximum absolute atomic E-state index is 13.2. The molecule has 1 saturated carbocycles. The Morgan fingerprint density at radius 2 is 1.84 bits per heavy atom. The van der Waals surface area contributed by atoms with Crippen LogP contribution < -0.4 is 0 Å². The van der Waals surface area contributed by atoms with Crippen molar-refractivity contribution in [1.29, 1.82) is 0 Å². The minimum Gasteiger partial charge on any atom is -0.480 e. The molecule has 4 fully saturated rings. The SMILES string of the molecule is O=C(O)C(CC1CC1)N1CCC(CN2CCC3(CC2)CC(Cc2ccc(F)cc2)CO3)C1. The predicted octanol–water partition coefficient (Wildman–Crippen LogP) is 3.81. The molecule has 1 aromatic carbocycles. The van der Waals surface area contributed by atoms with E-state index in [4.69, 9.17) is 4.74 Å². The van der Waals surface area contributed by atoms with Crippen LogP contribution in [0.4, 0.5) is 4.39 Å². The number of carbonyl (C=O) groups is 1. The number of ether oxygens (including phenoxy) is 1. The van der Waals surface area contributed by atoms with Crippen LogP contribution in [0, 0.1) is 23.6 Å². The highest BCUT2D eigenvalue weighted by Gasteiger charge is 2.43. The van der Waals surface area contributed by atoms with E-state index in [0.717, 1.165) is 77.9 Å². The van der Waals surface area contributed by atoms with Crippen molar-refractivity contribution < 1.29 is 19.0 Å². The van der Waals surface area contributed by atoms with Gasteiger partial charge in [0, 0.05) is 26.2 Å². The van der Waals surface area contributed by atoms with Gasteiger partial charge in [0.25, 0.3) is 0 Å². The molecule has 4 aliphatic rings. The van der Waals surface area contributed by atoms with Crippen molar-refractivity contribution in [3.05, 3.63) is 35.6 Å². The lowest BCUT2D eigenvalue weighted by atomic mass is 9.83. The Labute approximate surface area is 190 Å². The Balaban J connectivity index is 1.06. The molecule has 0 aromatic heterocycles. The summed E-state index contributed by atoms with van der Waals surface area (Å²) in [7, 11) is 0. The number of halogens is 1. The molecule has 3 heterocycles. The molecule has 5 nitrogen and oxygen atoms in total. The Bertz CT molecular complexity index is 789. The first-order chi connectivity index (χ1) is 15.5. The van der Waals surface area contributed by atoms with Crippen molar-refractivity contribution in [1.82, 2.24) is 9.80 Å². The maximum Gasteiger partial charge on any atom is 0.320 e. The van der Waals surface area contributed by atoms with Gasteiger partial charge < -0.3 is 14.7 Å². The zero-order chi connectivity index (χ0) is 22.1. The van der Waals surface area contributed by atoms with Gasteiger partial charge in [-0.25, -0.2) is 4.39 Å². The first-order valence-electron chi connectivity index (χ1n) is 12.6. The Kier molecular flexibility index (Phi) is 6.55. The second-order valence-electron chi connectivity index (χ2n) is 10.9. The molecule has 1 aromatic rings. The second-order valence-corrected chi connectivity index (χ2v) is 10.9. The summed E-state index contributed by atoms with van der Waals surface area (Å²) < 4.78 is 19.5. The Hall–Kier alpha value is -1.50. The summed E-state index contributed by atoms with van der Waals surface area (Å²) in [5, 5.41) is 9.68. The van der Waals surface area contributed by atoms with Crippen LogP contribution in [0.15, 0.2) is 24.3 Å². The standard InChI is InChI=1S/C26H37FN2O3/c27-23-5-3-19(4-6-23)13-22-15-26(32-18-22)8-11-28(12-9-26)16-21-7-10-29(17-21)24(25(30)31)14-20-1-2-20/h3-6,20-22,24H,1-2,7-18H2,(H,30,31). The number of nitrogens with zero attached hydrogens (tertiary/aromatic N) is 2. The van der Waals surface area contributed by atoms with Crippen molar-refractivity contribution >= 4 is 5.97 Å². The number of likely N-dealkylation sites (tertiary alicyclic amines) is 2. The van der Waals surface area contributed by atoms with Crippen LogP contribution in [0.1, 0.15) is 50.5 Å². The number of piperidine rings is 1. The topological polar surface area (TPSA) is 53.0 Å². The molecule has 0 bridgehead atoms. The molecular formula is C26H37FN2O3. The maximum atomic E-state index is 13.2. The van der Waals surface area contributed by atoms with Crippen LogP contribution in [0.3, 0.4) is 0 Å². The fraction of sp³-hybridized carbons (Fsp3) is 0.731. The molecule has 176 valence electrons. The van der Waals surface area contributed by atoms with Gasteiger partial charge in [-0.2, -0.15) is 0 Å². The third-order valence-electron chi connectivity index (χ3n) is 8.30. The van der Waals surface area contributed by atoms with Gasteiger partial charge in [0.2, 0.25) is 0 Å². The van der Waals surface area contributed by atoms with Crippen molar-refractivity contribution in [2.45, 2.75) is 63.0 Å². The number of carboxylic acid groups (broad SMARTS) is 1. The minimum atomic E-state index is -0.633. The summed E-state index contributed by atoms with van der Waals surface area (Å²) in [6.07, 6.45) is 8.63. The monoisotopic (exact) mass is 444 g/mol. The molecule has 1 aliphatic carbocycles. The van der Waals surface area contributed by atoms with Gasteiger partial charge in [0.05, 0.1) is 12.2 Å². The number of benzene rings is 1. The molecule has 1 N–H and O–H groups in total. The fourth-order valence-electron chi connectivity index (χ4n) is 6.25. The van der Waals surface area contributed by atoms with E-state index in [1.54, 1.807) is 12.1 Å². The molecule has 0 amide bonds. The van der Waals surface area contributed by atoms with Crippen molar-refractivity contribution in [3.8, 4) is 0 Å². The summed E-state index contributed by atoms with van der Waals surface area (Å²) in [6.45, 7) is 5.91. The van der Waals surface area contributed by atoms with Gasteiger partial charge in [-0.1, -0.05) is 25.0 Å². The number of hydrogen-bond acceptors (Lipinski definition) is 4. The first kappa shape index (κ1) is 22.3. The summed E-state index contributed by atoms with van der Waals surface area (Å²) in [5.41, 5.74) is 1.23. The fourth-order valence-corrected chi connectivity index (χ4v) is 6.25. The smallest absolute Gasteiger partial charge is 0.320 e. The molecule has 1 spiro atoms. The number of aliphatic carboxylic acids is 1. The molecule has 3 unspecified atom stereocenters. The van der Waals surface area contributed by atoms with Gasteiger partial charge >= 0.3 is 5.97 Å². The normalized spacial score (nSPS) is 29.5. The molecule has 5 rings (SSSR count). The summed E-state index contributed by atoms with van der Waals surface area (Å²) >= 11 is 0. The van der Waals surface area contributed by atoms with Gasteiger partial charge in [-0.05, 0) is 80.5 Å². The third-order valence-corrected chi connectivity index (χ3v) is 8.30. The Morgan fingerprint density at radius 3 is 2.53 bits per heavy atom. The molecule has 6 heteroatoms. The van der Waals surface area contributed by atoms with Crippen molar-refractivity contribution in [3.63, 3.8) is 0 Å². The highest BCUT2D eigenvalue weighted by molar-refractivity contribution is 5.73. The van der Waals surface area contributed by atoms with Crippen LogP contribution >= 0.6 is 0 Å². The molecule has 32 heavy (non-hydrogen) atoms. The van der Waals surface area contributed by atoms with E-state index >= 15 is 0 Å². The predicted molar refractivity (Wildman–Crippen MR) is 121 cm³/mol. The molecule has 0 radical (unpaired) electrons. The second kappa shape index (κ2) is 9.40. The van der Waals surface area contributed by atoms with E-state index in [-0.39, 0.29) is 17.5 Å². The lowest BCUT2D eigenvalue weighted by Gasteiger charge is -2.39. The number of carboxylic acids is 1. The average Bonchev–Trinajstić information content (AvgIpc) is 3.36. The zero-order valence-corrected chi connectivity index (χ0v) is 19.1. The highest BCUT2D eigenvalue weighted by Crippen LogP contribution is 2.40. The van der Waals surface area contributed by atoms with Crippen LogP contribution in [0.2, 0.25) is 0 Å². The van der Waals surface area contributed by atoms with Gasteiger partial charge in [-0.3, -0.25) is 9.69 Å². The molecule has 3 atom stereocenters.